The number of rotatable bonds is 8. The SMILES string of the molecule is CS(=O)(=O)OCCNc1cc(CO)cc(Nc2c3ccccc3nc3ccccc23)c1. The van der Waals surface area contributed by atoms with E-state index in [1.54, 1.807) is 0 Å². The number of fused-ring (bicyclic) bond motifs is 2. The number of nitrogens with one attached hydrogen (secondary N) is 2. The third kappa shape index (κ3) is 5.11. The largest absolute Gasteiger partial charge is 0.392 e. The Morgan fingerprint density at radius 1 is 0.935 bits per heavy atom. The second-order valence-electron chi connectivity index (χ2n) is 7.18. The number of aliphatic hydroxyl groups excluding tert-OH is 1. The molecule has 3 aromatic carbocycles. The second-order valence-corrected chi connectivity index (χ2v) is 8.82. The fourth-order valence-corrected chi connectivity index (χ4v) is 3.85. The third-order valence-electron chi connectivity index (χ3n) is 4.76. The minimum atomic E-state index is -3.48. The third-order valence-corrected chi connectivity index (χ3v) is 5.36. The molecule has 4 aromatic rings. The van der Waals surface area contributed by atoms with Crippen molar-refractivity contribution in [1.29, 1.82) is 0 Å². The van der Waals surface area contributed by atoms with Crippen LogP contribution in [-0.2, 0) is 20.9 Å². The molecule has 0 unspecified atom stereocenters. The Morgan fingerprint density at radius 3 is 2.16 bits per heavy atom. The smallest absolute Gasteiger partial charge is 0.264 e. The molecule has 0 atom stereocenters. The molecule has 0 radical (unpaired) electrons. The summed E-state index contributed by atoms with van der Waals surface area (Å²) in [6.45, 7) is 0.203. The monoisotopic (exact) mass is 437 g/mol. The zero-order chi connectivity index (χ0) is 21.8. The fourth-order valence-electron chi connectivity index (χ4n) is 3.46. The molecule has 0 saturated heterocycles. The lowest BCUT2D eigenvalue weighted by Gasteiger charge is -2.16. The molecule has 0 aliphatic rings. The molecule has 0 aliphatic heterocycles. The first-order valence-corrected chi connectivity index (χ1v) is 11.6. The maximum Gasteiger partial charge on any atom is 0.264 e. The molecule has 3 N–H and O–H groups in total. The summed E-state index contributed by atoms with van der Waals surface area (Å²) >= 11 is 0. The number of hydrogen-bond acceptors (Lipinski definition) is 7. The standard InChI is InChI=1S/C23H23N3O4S/c1-31(28,29)30-11-10-24-17-12-16(15-27)13-18(14-17)25-23-19-6-2-4-8-21(19)26-22-9-5-3-7-20(22)23/h2-9,12-14,24,27H,10-11,15H2,1H3,(H,25,26). The van der Waals surface area contributed by atoms with Gasteiger partial charge in [0.2, 0.25) is 0 Å². The van der Waals surface area contributed by atoms with E-state index in [-0.39, 0.29) is 13.2 Å². The summed E-state index contributed by atoms with van der Waals surface area (Å²) in [5, 5.41) is 18.3. The quantitative estimate of drug-likeness (QED) is 0.217. The number of pyridine rings is 1. The van der Waals surface area contributed by atoms with Crippen LogP contribution in [0.2, 0.25) is 0 Å². The van der Waals surface area contributed by atoms with E-state index < -0.39 is 10.1 Å². The minimum absolute atomic E-state index is 0.0184. The van der Waals surface area contributed by atoms with Crippen molar-refractivity contribution in [3.8, 4) is 0 Å². The number of benzene rings is 3. The summed E-state index contributed by atoms with van der Waals surface area (Å²) in [6, 6.07) is 21.5. The lowest BCUT2D eigenvalue weighted by molar-refractivity contribution is 0.282. The van der Waals surface area contributed by atoms with E-state index in [1.807, 2.05) is 66.7 Å². The molecule has 0 amide bonds. The Bertz CT molecular complexity index is 1290. The Morgan fingerprint density at radius 2 is 1.55 bits per heavy atom. The van der Waals surface area contributed by atoms with Crippen molar-refractivity contribution in [2.45, 2.75) is 6.61 Å². The van der Waals surface area contributed by atoms with Crippen LogP contribution in [0.15, 0.2) is 66.7 Å². The lowest BCUT2D eigenvalue weighted by Crippen LogP contribution is -2.13. The number of aromatic nitrogens is 1. The van der Waals surface area contributed by atoms with Crippen molar-refractivity contribution < 1.29 is 17.7 Å². The summed E-state index contributed by atoms with van der Waals surface area (Å²) in [5.74, 6) is 0. The van der Waals surface area contributed by atoms with E-state index in [0.29, 0.717) is 6.54 Å². The first-order valence-electron chi connectivity index (χ1n) is 9.80. The maximum absolute atomic E-state index is 11.1. The van der Waals surface area contributed by atoms with Gasteiger partial charge in [0, 0.05) is 28.7 Å². The van der Waals surface area contributed by atoms with Crippen molar-refractivity contribution >= 4 is 49.0 Å². The Hall–Kier alpha value is -3.20. The normalized spacial score (nSPS) is 11.7. The molecule has 0 fully saturated rings. The van der Waals surface area contributed by atoms with E-state index in [9.17, 15) is 13.5 Å². The highest BCUT2D eigenvalue weighted by atomic mass is 32.2. The zero-order valence-electron chi connectivity index (χ0n) is 17.0. The van der Waals surface area contributed by atoms with Gasteiger partial charge in [-0.05, 0) is 35.9 Å². The van der Waals surface area contributed by atoms with E-state index in [0.717, 1.165) is 50.7 Å². The van der Waals surface area contributed by atoms with Gasteiger partial charge < -0.3 is 15.7 Å². The van der Waals surface area contributed by atoms with Crippen molar-refractivity contribution in [1.82, 2.24) is 4.98 Å². The van der Waals surface area contributed by atoms with Gasteiger partial charge in [-0.1, -0.05) is 36.4 Å². The second kappa shape index (κ2) is 8.89. The van der Waals surface area contributed by atoms with E-state index in [4.69, 9.17) is 9.17 Å². The summed E-state index contributed by atoms with van der Waals surface area (Å²) in [5.41, 5.74) is 4.96. The number of aliphatic hydroxyl groups is 1. The average molecular weight is 438 g/mol. The van der Waals surface area contributed by atoms with Gasteiger partial charge in [-0.15, -0.1) is 0 Å². The van der Waals surface area contributed by atoms with Crippen LogP contribution in [0.1, 0.15) is 5.56 Å². The number of nitrogens with zero attached hydrogens (tertiary/aromatic N) is 1. The predicted molar refractivity (Wildman–Crippen MR) is 124 cm³/mol. The highest BCUT2D eigenvalue weighted by Gasteiger charge is 2.10. The molecule has 160 valence electrons. The van der Waals surface area contributed by atoms with Crippen LogP contribution in [0.5, 0.6) is 0 Å². The molecule has 1 aromatic heterocycles. The lowest BCUT2D eigenvalue weighted by atomic mass is 10.1. The van der Waals surface area contributed by atoms with Gasteiger partial charge in [0.15, 0.2) is 0 Å². The van der Waals surface area contributed by atoms with Crippen LogP contribution in [0, 0.1) is 0 Å². The van der Waals surface area contributed by atoms with Gasteiger partial charge in [-0.3, -0.25) is 4.18 Å². The molecule has 8 heteroatoms. The van der Waals surface area contributed by atoms with Crippen LogP contribution in [0.25, 0.3) is 21.8 Å². The van der Waals surface area contributed by atoms with Gasteiger partial charge >= 0.3 is 0 Å². The fraction of sp³-hybridized carbons (Fsp3) is 0.174. The van der Waals surface area contributed by atoms with Crippen molar-refractivity contribution in [2.75, 3.05) is 30.0 Å². The molecule has 0 saturated carbocycles. The molecule has 0 spiro atoms. The average Bonchev–Trinajstić information content (AvgIpc) is 2.76. The van der Waals surface area contributed by atoms with Crippen LogP contribution in [0.3, 0.4) is 0 Å². The van der Waals surface area contributed by atoms with E-state index >= 15 is 0 Å². The summed E-state index contributed by atoms with van der Waals surface area (Å²) in [7, 11) is -3.48. The summed E-state index contributed by atoms with van der Waals surface area (Å²) in [4.78, 5) is 4.75. The molecule has 31 heavy (non-hydrogen) atoms. The highest BCUT2D eigenvalue weighted by molar-refractivity contribution is 7.85. The van der Waals surface area contributed by atoms with Gasteiger partial charge in [0.25, 0.3) is 10.1 Å². The van der Waals surface area contributed by atoms with Crippen molar-refractivity contribution in [3.63, 3.8) is 0 Å². The first kappa shape index (κ1) is 21.0. The number of hydrogen-bond donors (Lipinski definition) is 3. The Balaban J connectivity index is 1.68. The van der Waals surface area contributed by atoms with Crippen LogP contribution < -0.4 is 10.6 Å². The highest BCUT2D eigenvalue weighted by Crippen LogP contribution is 2.34. The Kier molecular flexibility index (Phi) is 6.03. The first-order chi connectivity index (χ1) is 14.9. The van der Waals surface area contributed by atoms with Gasteiger partial charge in [-0.2, -0.15) is 8.42 Å². The van der Waals surface area contributed by atoms with E-state index in [2.05, 4.69) is 10.6 Å². The van der Waals surface area contributed by atoms with Crippen molar-refractivity contribution in [2.24, 2.45) is 0 Å². The maximum atomic E-state index is 11.1. The molecule has 0 aliphatic carbocycles. The number of para-hydroxylation sites is 2. The molecule has 4 rings (SSSR count). The van der Waals surface area contributed by atoms with Crippen LogP contribution in [0.4, 0.5) is 17.1 Å². The predicted octanol–water partition coefficient (Wildman–Crippen LogP) is 4.01. The zero-order valence-corrected chi connectivity index (χ0v) is 17.8. The van der Waals surface area contributed by atoms with Crippen molar-refractivity contribution in [3.05, 3.63) is 72.3 Å². The Labute approximate surface area is 180 Å². The molecule has 1 heterocycles. The van der Waals surface area contributed by atoms with Gasteiger partial charge in [0.1, 0.15) is 0 Å². The topological polar surface area (TPSA) is 101 Å². The number of anilines is 3. The minimum Gasteiger partial charge on any atom is -0.392 e. The molecular weight excluding hydrogens is 414 g/mol. The van der Waals surface area contributed by atoms with Crippen LogP contribution >= 0.6 is 0 Å². The van der Waals surface area contributed by atoms with Crippen LogP contribution in [-0.4, -0.2) is 37.9 Å². The molecular formula is C23H23N3O4S. The summed E-state index contributed by atoms with van der Waals surface area (Å²) < 4.78 is 27.0. The van der Waals surface area contributed by atoms with Gasteiger partial charge in [0.05, 0.1) is 36.2 Å². The molecule has 0 bridgehead atoms. The van der Waals surface area contributed by atoms with E-state index in [1.165, 1.54) is 0 Å². The summed E-state index contributed by atoms with van der Waals surface area (Å²) in [6.07, 6.45) is 1.02. The molecule has 7 nitrogen and oxygen atoms in total. The van der Waals surface area contributed by atoms with Gasteiger partial charge in [-0.25, -0.2) is 4.98 Å².